The third-order valence-electron chi connectivity index (χ3n) is 2.68. The summed E-state index contributed by atoms with van der Waals surface area (Å²) >= 11 is 0. The van der Waals surface area contributed by atoms with Gasteiger partial charge in [0, 0.05) is 5.56 Å². The molecule has 0 aliphatic rings. The molecule has 6 heteroatoms. The Balaban J connectivity index is 2.57. The van der Waals surface area contributed by atoms with E-state index < -0.39 is 12.0 Å². The third kappa shape index (κ3) is 5.24. The first kappa shape index (κ1) is 15.9. The zero-order valence-electron chi connectivity index (χ0n) is 11.0. The average molecular weight is 278 g/mol. The summed E-state index contributed by atoms with van der Waals surface area (Å²) in [5.41, 5.74) is 8.27. The number of hydrogen-bond donors (Lipinski definition) is 3. The maximum Gasteiger partial charge on any atom is 0.324 e. The SMILES string of the molecule is NCCCC[C@H](NOC(=C=O)c1ccccc1)C(=O)O. The van der Waals surface area contributed by atoms with E-state index in [1.54, 1.807) is 36.3 Å². The molecular formula is C14H18N2O4. The Hall–Kier alpha value is -2.14. The smallest absolute Gasteiger partial charge is 0.324 e. The van der Waals surface area contributed by atoms with E-state index in [0.717, 1.165) is 6.42 Å². The number of nitrogens with two attached hydrogens (primary N) is 1. The number of benzene rings is 1. The normalized spacial score (nSPS) is 11.4. The van der Waals surface area contributed by atoms with Gasteiger partial charge in [0.25, 0.3) is 0 Å². The zero-order valence-corrected chi connectivity index (χ0v) is 11.0. The second-order valence-electron chi connectivity index (χ2n) is 4.19. The van der Waals surface area contributed by atoms with E-state index in [-0.39, 0.29) is 5.76 Å². The van der Waals surface area contributed by atoms with Crippen LogP contribution < -0.4 is 11.2 Å². The van der Waals surface area contributed by atoms with E-state index in [1.807, 2.05) is 0 Å². The van der Waals surface area contributed by atoms with Gasteiger partial charge in [0.15, 0.2) is 5.94 Å². The van der Waals surface area contributed by atoms with Gasteiger partial charge in [0.05, 0.1) is 0 Å². The fraction of sp³-hybridized carbons (Fsp3) is 0.357. The minimum absolute atomic E-state index is 0.0734. The predicted molar refractivity (Wildman–Crippen MR) is 74.1 cm³/mol. The summed E-state index contributed by atoms with van der Waals surface area (Å²) in [5, 5.41) is 9.05. The van der Waals surface area contributed by atoms with Crippen molar-refractivity contribution in [2.45, 2.75) is 25.3 Å². The van der Waals surface area contributed by atoms with Crippen LogP contribution in [-0.2, 0) is 14.4 Å². The number of unbranched alkanes of at least 4 members (excludes halogenated alkanes) is 1. The van der Waals surface area contributed by atoms with Gasteiger partial charge < -0.3 is 15.7 Å². The Morgan fingerprint density at radius 1 is 1.35 bits per heavy atom. The molecule has 0 saturated heterocycles. The lowest BCUT2D eigenvalue weighted by Gasteiger charge is -2.15. The fourth-order valence-corrected chi connectivity index (χ4v) is 1.58. The van der Waals surface area contributed by atoms with E-state index in [2.05, 4.69) is 5.48 Å². The summed E-state index contributed by atoms with van der Waals surface area (Å²) in [7, 11) is 0. The number of hydroxylamine groups is 1. The van der Waals surface area contributed by atoms with E-state index in [4.69, 9.17) is 15.7 Å². The Bertz CT molecular complexity index is 469. The van der Waals surface area contributed by atoms with Crippen molar-refractivity contribution in [2.75, 3.05) is 6.54 Å². The second kappa shape index (κ2) is 8.87. The standard InChI is InChI=1S/C14H18N2O4/c15-9-5-4-8-12(14(18)19)16-20-13(10-17)11-6-2-1-3-7-11/h1-3,6-7,12,16H,4-5,8-9,15H2,(H,18,19)/t12-/m0/s1. The number of rotatable bonds is 9. The summed E-state index contributed by atoms with van der Waals surface area (Å²) in [6.45, 7) is 0.511. The van der Waals surface area contributed by atoms with Crippen LogP contribution in [0.5, 0.6) is 0 Å². The number of carboxylic acid groups (broad SMARTS) is 1. The van der Waals surface area contributed by atoms with Crippen molar-refractivity contribution >= 4 is 17.7 Å². The number of carboxylic acids is 1. The summed E-state index contributed by atoms with van der Waals surface area (Å²) < 4.78 is 0. The lowest BCUT2D eigenvalue weighted by atomic mass is 10.1. The van der Waals surface area contributed by atoms with Crippen molar-refractivity contribution in [1.82, 2.24) is 5.48 Å². The van der Waals surface area contributed by atoms with E-state index >= 15 is 0 Å². The monoisotopic (exact) mass is 278 g/mol. The van der Waals surface area contributed by atoms with Crippen molar-refractivity contribution in [2.24, 2.45) is 5.73 Å². The molecule has 0 fully saturated rings. The number of hydrogen-bond acceptors (Lipinski definition) is 5. The summed E-state index contributed by atoms with van der Waals surface area (Å²) in [5.74, 6) is 0.534. The molecule has 0 unspecified atom stereocenters. The van der Waals surface area contributed by atoms with Crippen LogP contribution in [0.25, 0.3) is 5.76 Å². The molecule has 0 heterocycles. The molecule has 0 saturated carbocycles. The first-order chi connectivity index (χ1) is 9.69. The first-order valence-corrected chi connectivity index (χ1v) is 6.34. The van der Waals surface area contributed by atoms with Gasteiger partial charge in [0.2, 0.25) is 5.76 Å². The fourth-order valence-electron chi connectivity index (χ4n) is 1.58. The molecule has 1 rings (SSSR count). The van der Waals surface area contributed by atoms with E-state index in [9.17, 15) is 9.59 Å². The Labute approximate surface area is 117 Å². The highest BCUT2D eigenvalue weighted by Crippen LogP contribution is 2.11. The van der Waals surface area contributed by atoms with E-state index in [0.29, 0.717) is 24.9 Å². The summed E-state index contributed by atoms with van der Waals surface area (Å²) in [6, 6.07) is 7.73. The molecule has 20 heavy (non-hydrogen) atoms. The lowest BCUT2D eigenvalue weighted by Crippen LogP contribution is -2.36. The third-order valence-corrected chi connectivity index (χ3v) is 2.68. The molecule has 0 amide bonds. The molecule has 1 atom stereocenters. The van der Waals surface area contributed by atoms with Crippen LogP contribution in [0.3, 0.4) is 0 Å². The van der Waals surface area contributed by atoms with Gasteiger partial charge in [-0.15, -0.1) is 5.48 Å². The van der Waals surface area contributed by atoms with Crippen molar-refractivity contribution in [3.05, 3.63) is 35.9 Å². The molecule has 0 spiro atoms. The molecule has 0 bridgehead atoms. The predicted octanol–water partition coefficient (Wildman–Crippen LogP) is 0.962. The highest BCUT2D eigenvalue weighted by molar-refractivity contribution is 5.83. The van der Waals surface area contributed by atoms with Gasteiger partial charge >= 0.3 is 5.97 Å². The largest absolute Gasteiger partial charge is 0.480 e. The van der Waals surface area contributed by atoms with Crippen LogP contribution in [0.1, 0.15) is 24.8 Å². The molecule has 4 N–H and O–H groups in total. The van der Waals surface area contributed by atoms with Crippen molar-refractivity contribution < 1.29 is 19.5 Å². The first-order valence-electron chi connectivity index (χ1n) is 6.34. The van der Waals surface area contributed by atoms with Gasteiger partial charge in [-0.2, -0.15) is 0 Å². The molecule has 0 radical (unpaired) electrons. The molecule has 0 aliphatic heterocycles. The minimum Gasteiger partial charge on any atom is -0.480 e. The van der Waals surface area contributed by atoms with Crippen LogP contribution in [0.4, 0.5) is 0 Å². The van der Waals surface area contributed by atoms with Crippen LogP contribution in [0.2, 0.25) is 0 Å². The quantitative estimate of drug-likeness (QED) is 0.269. The summed E-state index contributed by atoms with van der Waals surface area (Å²) in [6.07, 6.45) is 1.77. The molecule has 108 valence electrons. The maximum atomic E-state index is 11.0. The number of nitrogens with one attached hydrogen (secondary N) is 1. The van der Waals surface area contributed by atoms with Crippen LogP contribution in [0, 0.1) is 0 Å². The second-order valence-corrected chi connectivity index (χ2v) is 4.19. The Morgan fingerprint density at radius 2 is 2.05 bits per heavy atom. The topological polar surface area (TPSA) is 102 Å². The van der Waals surface area contributed by atoms with Gasteiger partial charge in [-0.05, 0) is 25.8 Å². The Kier molecular flexibility index (Phi) is 7.06. The van der Waals surface area contributed by atoms with Crippen LogP contribution >= 0.6 is 0 Å². The van der Waals surface area contributed by atoms with Gasteiger partial charge in [0.1, 0.15) is 6.04 Å². The molecular weight excluding hydrogens is 260 g/mol. The van der Waals surface area contributed by atoms with Crippen molar-refractivity contribution in [1.29, 1.82) is 0 Å². The van der Waals surface area contributed by atoms with Gasteiger partial charge in [-0.1, -0.05) is 30.3 Å². The number of aliphatic carboxylic acids is 1. The average Bonchev–Trinajstić information content (AvgIpc) is 2.47. The van der Waals surface area contributed by atoms with Gasteiger partial charge in [-0.3, -0.25) is 4.79 Å². The van der Waals surface area contributed by atoms with Gasteiger partial charge in [-0.25, -0.2) is 4.79 Å². The van der Waals surface area contributed by atoms with Crippen LogP contribution in [0.15, 0.2) is 30.3 Å². The summed E-state index contributed by atoms with van der Waals surface area (Å²) in [4.78, 5) is 27.0. The zero-order chi connectivity index (χ0) is 14.8. The Morgan fingerprint density at radius 3 is 2.60 bits per heavy atom. The molecule has 1 aromatic rings. The van der Waals surface area contributed by atoms with Crippen molar-refractivity contribution in [3.63, 3.8) is 0 Å². The molecule has 0 aliphatic carbocycles. The van der Waals surface area contributed by atoms with E-state index in [1.165, 1.54) is 0 Å². The molecule has 1 aromatic carbocycles. The van der Waals surface area contributed by atoms with Crippen molar-refractivity contribution in [3.8, 4) is 0 Å². The number of carbonyl (C=O) groups excluding carboxylic acids is 1. The van der Waals surface area contributed by atoms with Crippen LogP contribution in [-0.4, -0.2) is 29.6 Å². The lowest BCUT2D eigenvalue weighted by molar-refractivity contribution is -0.142. The minimum atomic E-state index is -1.04. The molecule has 0 aromatic heterocycles. The number of carbonyl (C=O) groups is 1. The highest BCUT2D eigenvalue weighted by Gasteiger charge is 2.18. The highest BCUT2D eigenvalue weighted by atomic mass is 16.7. The maximum absolute atomic E-state index is 11.0. The molecule has 6 nitrogen and oxygen atoms in total.